The molecule has 0 saturated carbocycles. The van der Waals surface area contributed by atoms with E-state index < -0.39 is 0 Å². The Hall–Kier alpha value is -1.70. The molecule has 0 aliphatic heterocycles. The second-order valence-corrected chi connectivity index (χ2v) is 10.8. The summed E-state index contributed by atoms with van der Waals surface area (Å²) >= 11 is 0. The molecular weight excluding hydrogens is 464 g/mol. The fourth-order valence-corrected chi connectivity index (χ4v) is 4.47. The third-order valence-electron chi connectivity index (χ3n) is 7.02. The van der Waals surface area contributed by atoms with E-state index in [1.165, 1.54) is 77.0 Å². The predicted molar refractivity (Wildman–Crippen MR) is 169 cm³/mol. The Morgan fingerprint density at radius 3 is 1.00 bits per heavy atom. The van der Waals surface area contributed by atoms with Gasteiger partial charge >= 0.3 is 0 Å². The van der Waals surface area contributed by atoms with E-state index in [0.717, 1.165) is 64.2 Å². The Morgan fingerprint density at radius 1 is 0.368 bits per heavy atom. The molecule has 2 nitrogen and oxygen atoms in total. The average Bonchev–Trinajstić information content (AvgIpc) is 2.92. The van der Waals surface area contributed by atoms with E-state index in [9.17, 15) is 9.59 Å². The van der Waals surface area contributed by atoms with Gasteiger partial charge in [-0.15, -0.1) is 0 Å². The van der Waals surface area contributed by atoms with Crippen LogP contribution in [0.25, 0.3) is 0 Å². The van der Waals surface area contributed by atoms with Crippen molar-refractivity contribution in [2.45, 2.75) is 168 Å². The maximum atomic E-state index is 12.1. The Bertz CT molecular complexity index is 582. The fraction of sp³-hybridized carbons (Fsp3) is 0.722. The summed E-state index contributed by atoms with van der Waals surface area (Å²) in [6, 6.07) is 0. The van der Waals surface area contributed by atoms with Gasteiger partial charge in [-0.2, -0.15) is 0 Å². The Labute approximate surface area is 237 Å². The third-order valence-corrected chi connectivity index (χ3v) is 7.02. The second-order valence-electron chi connectivity index (χ2n) is 10.8. The summed E-state index contributed by atoms with van der Waals surface area (Å²) in [6.45, 7) is 4.49. The summed E-state index contributed by atoms with van der Waals surface area (Å²) in [5, 5.41) is 0. The van der Waals surface area contributed by atoms with Crippen LogP contribution in [0.2, 0.25) is 0 Å². The van der Waals surface area contributed by atoms with Crippen molar-refractivity contribution in [3.63, 3.8) is 0 Å². The zero-order valence-corrected chi connectivity index (χ0v) is 25.4. The molecular formula is C36H62O2. The molecule has 218 valence electrons. The van der Waals surface area contributed by atoms with Gasteiger partial charge in [-0.25, -0.2) is 0 Å². The van der Waals surface area contributed by atoms with Crippen LogP contribution < -0.4 is 0 Å². The summed E-state index contributed by atoms with van der Waals surface area (Å²) in [5.41, 5.74) is 0. The monoisotopic (exact) mass is 526 g/mol. The van der Waals surface area contributed by atoms with E-state index in [1.807, 2.05) is 0 Å². The number of carbonyl (C=O) groups is 2. The van der Waals surface area contributed by atoms with Gasteiger partial charge in [0.15, 0.2) is 11.6 Å². The third kappa shape index (κ3) is 28.9. The van der Waals surface area contributed by atoms with Crippen molar-refractivity contribution in [1.82, 2.24) is 0 Å². The normalized spacial score (nSPS) is 12.2. The number of unbranched alkanes of at least 4 members (excludes halogenated alkanes) is 16. The zero-order valence-electron chi connectivity index (χ0n) is 25.4. The molecule has 0 saturated heterocycles. The van der Waals surface area contributed by atoms with E-state index >= 15 is 0 Å². The molecule has 0 heterocycles. The van der Waals surface area contributed by atoms with E-state index in [4.69, 9.17) is 0 Å². The highest BCUT2D eigenvalue weighted by Crippen LogP contribution is 2.11. The quantitative estimate of drug-likeness (QED) is 0.0551. The van der Waals surface area contributed by atoms with E-state index in [1.54, 1.807) is 0 Å². The van der Waals surface area contributed by atoms with E-state index in [-0.39, 0.29) is 11.6 Å². The summed E-state index contributed by atoms with van der Waals surface area (Å²) in [4.78, 5) is 24.2. The highest BCUT2D eigenvalue weighted by Gasteiger charge is 2.12. The minimum atomic E-state index is -0.139. The highest BCUT2D eigenvalue weighted by atomic mass is 16.2. The number of carbonyl (C=O) groups excluding carboxylic acids is 2. The average molecular weight is 527 g/mol. The van der Waals surface area contributed by atoms with Gasteiger partial charge in [0, 0.05) is 12.8 Å². The number of hydrogen-bond acceptors (Lipinski definition) is 2. The van der Waals surface area contributed by atoms with Crippen LogP contribution in [-0.4, -0.2) is 11.6 Å². The van der Waals surface area contributed by atoms with Crippen molar-refractivity contribution >= 4 is 11.6 Å². The first-order valence-electron chi connectivity index (χ1n) is 16.4. The van der Waals surface area contributed by atoms with Crippen molar-refractivity contribution in [3.8, 4) is 0 Å². The van der Waals surface area contributed by atoms with Crippen molar-refractivity contribution in [3.05, 3.63) is 48.6 Å². The summed E-state index contributed by atoms with van der Waals surface area (Å²) < 4.78 is 0. The highest BCUT2D eigenvalue weighted by molar-refractivity contribution is 6.37. The fourth-order valence-electron chi connectivity index (χ4n) is 4.47. The second kappa shape index (κ2) is 31.5. The van der Waals surface area contributed by atoms with Crippen LogP contribution in [0, 0.1) is 0 Å². The number of allylic oxidation sites excluding steroid dienone is 8. The predicted octanol–water partition coefficient (Wildman–Crippen LogP) is 11.8. The Kier molecular flexibility index (Phi) is 30.1. The van der Waals surface area contributed by atoms with Crippen LogP contribution in [0.5, 0.6) is 0 Å². The van der Waals surface area contributed by atoms with Crippen LogP contribution in [-0.2, 0) is 9.59 Å². The maximum absolute atomic E-state index is 12.1. The van der Waals surface area contributed by atoms with Gasteiger partial charge in [-0.3, -0.25) is 9.59 Å². The molecule has 0 amide bonds. The van der Waals surface area contributed by atoms with Crippen LogP contribution in [0.1, 0.15) is 168 Å². The molecule has 38 heavy (non-hydrogen) atoms. The first kappa shape index (κ1) is 36.3. The minimum Gasteiger partial charge on any atom is -0.291 e. The zero-order chi connectivity index (χ0) is 27.8. The SMILES string of the molecule is CCCCC/C=C\C/C=C\CCCCCCCC(=O)C(=O)CCCCCCC/C=C\C/C=C\CCCCC. The van der Waals surface area contributed by atoms with Gasteiger partial charge < -0.3 is 0 Å². The summed E-state index contributed by atoms with van der Waals surface area (Å²) in [5.74, 6) is -0.277. The molecule has 0 aromatic heterocycles. The number of ketones is 2. The minimum absolute atomic E-state index is 0.139. The molecule has 2 heteroatoms. The number of hydrogen-bond donors (Lipinski definition) is 0. The summed E-state index contributed by atoms with van der Waals surface area (Å²) in [6.07, 6.45) is 45.0. The van der Waals surface area contributed by atoms with E-state index in [0.29, 0.717) is 12.8 Å². The first-order valence-corrected chi connectivity index (χ1v) is 16.4. The lowest BCUT2D eigenvalue weighted by Gasteiger charge is -2.02. The van der Waals surface area contributed by atoms with Gasteiger partial charge in [-0.1, -0.05) is 127 Å². The largest absolute Gasteiger partial charge is 0.291 e. The molecule has 0 aromatic rings. The van der Waals surface area contributed by atoms with Gasteiger partial charge in [0.1, 0.15) is 0 Å². The first-order chi connectivity index (χ1) is 18.7. The van der Waals surface area contributed by atoms with Gasteiger partial charge in [-0.05, 0) is 77.0 Å². The Balaban J connectivity index is 3.45. The van der Waals surface area contributed by atoms with Crippen LogP contribution in [0.15, 0.2) is 48.6 Å². The van der Waals surface area contributed by atoms with Crippen molar-refractivity contribution in [1.29, 1.82) is 0 Å². The molecule has 0 unspecified atom stereocenters. The molecule has 0 bridgehead atoms. The Morgan fingerprint density at radius 2 is 0.658 bits per heavy atom. The van der Waals surface area contributed by atoms with Crippen LogP contribution >= 0.6 is 0 Å². The van der Waals surface area contributed by atoms with Gasteiger partial charge in [0.25, 0.3) is 0 Å². The van der Waals surface area contributed by atoms with Gasteiger partial charge in [0.2, 0.25) is 0 Å². The van der Waals surface area contributed by atoms with Crippen molar-refractivity contribution < 1.29 is 9.59 Å². The molecule has 0 rings (SSSR count). The lowest BCUT2D eigenvalue weighted by atomic mass is 10.0. The van der Waals surface area contributed by atoms with Crippen LogP contribution in [0.3, 0.4) is 0 Å². The molecule has 0 aliphatic rings. The molecule has 0 fully saturated rings. The molecule has 0 aromatic carbocycles. The van der Waals surface area contributed by atoms with Crippen molar-refractivity contribution in [2.24, 2.45) is 0 Å². The molecule has 0 radical (unpaired) electrons. The molecule has 0 aliphatic carbocycles. The number of rotatable bonds is 29. The molecule has 0 N–H and O–H groups in total. The lowest BCUT2D eigenvalue weighted by Crippen LogP contribution is -2.13. The number of Topliss-reactive ketones (excluding diaryl/α,β-unsaturated/α-hetero) is 2. The molecule has 0 atom stereocenters. The van der Waals surface area contributed by atoms with Gasteiger partial charge in [0.05, 0.1) is 0 Å². The lowest BCUT2D eigenvalue weighted by molar-refractivity contribution is -0.136. The topological polar surface area (TPSA) is 34.1 Å². The smallest absolute Gasteiger partial charge is 0.198 e. The molecule has 0 spiro atoms. The van der Waals surface area contributed by atoms with E-state index in [2.05, 4.69) is 62.5 Å². The van der Waals surface area contributed by atoms with Crippen molar-refractivity contribution in [2.75, 3.05) is 0 Å². The standard InChI is InChI=1S/C36H62O2/c1-3-5-7-9-11-13-15-17-19-21-23-25-27-29-31-33-35(37)36(38)34-32-30-28-26-24-22-20-18-16-14-12-10-8-6-4-2/h11-14,17-20H,3-10,15-16,21-34H2,1-2H3/b13-11-,14-12-,19-17-,20-18-. The maximum Gasteiger partial charge on any atom is 0.198 e. The summed E-state index contributed by atoms with van der Waals surface area (Å²) in [7, 11) is 0. The van der Waals surface area contributed by atoms with Crippen LogP contribution in [0.4, 0.5) is 0 Å².